The van der Waals surface area contributed by atoms with Gasteiger partial charge in [0.1, 0.15) is 0 Å². The third-order valence-corrected chi connectivity index (χ3v) is 14.6. The summed E-state index contributed by atoms with van der Waals surface area (Å²) in [7, 11) is 0. The van der Waals surface area contributed by atoms with Crippen LogP contribution in [0.2, 0.25) is 0 Å². The van der Waals surface area contributed by atoms with Crippen LogP contribution >= 0.6 is 0 Å². The predicted octanol–water partition coefficient (Wildman–Crippen LogP) is 15.7. The molecule has 9 aromatic carbocycles. The van der Waals surface area contributed by atoms with Gasteiger partial charge in [0.15, 0.2) is 11.6 Å². The minimum absolute atomic E-state index is 0.0332. The van der Waals surface area contributed by atoms with Crippen molar-refractivity contribution in [3.05, 3.63) is 199 Å². The van der Waals surface area contributed by atoms with Gasteiger partial charge in [-0.05, 0) is 85.7 Å². The highest BCUT2D eigenvalue weighted by atomic mass is 15.2. The van der Waals surface area contributed by atoms with E-state index in [2.05, 4.69) is 219 Å². The van der Waals surface area contributed by atoms with E-state index in [1.165, 1.54) is 59.9 Å². The van der Waals surface area contributed by atoms with Crippen LogP contribution in [0.15, 0.2) is 188 Å². The van der Waals surface area contributed by atoms with Gasteiger partial charge >= 0.3 is 0 Å². The van der Waals surface area contributed by atoms with Gasteiger partial charge in [0, 0.05) is 38.4 Å². The molecule has 0 N–H and O–H groups in total. The normalized spacial score (nSPS) is 14.5. The number of aromatic nitrogens is 5. The topological polar surface area (TPSA) is 48.5 Å². The third kappa shape index (κ3) is 5.69. The van der Waals surface area contributed by atoms with Crippen molar-refractivity contribution in [2.24, 2.45) is 0 Å². The van der Waals surface area contributed by atoms with Crippen molar-refractivity contribution in [2.75, 3.05) is 0 Å². The SMILES string of the molecule is CC1(C)CCC(C)(C)c2c1ccc1c3c4ccccc4c4c5ccccc5n(-c5nc(-c6ccccc6)nc(-c6ccc(-c7cccc8ccccc78)cc6)n5)c4c3n(-c3ccccc3)c21. The fourth-order valence-corrected chi connectivity index (χ4v) is 11.3. The molecule has 0 fully saturated rings. The molecule has 0 unspecified atom stereocenters. The molecule has 3 heterocycles. The maximum Gasteiger partial charge on any atom is 0.238 e. The van der Waals surface area contributed by atoms with Gasteiger partial charge < -0.3 is 4.57 Å². The molecule has 66 heavy (non-hydrogen) atoms. The van der Waals surface area contributed by atoms with Gasteiger partial charge in [-0.15, -0.1) is 0 Å². The van der Waals surface area contributed by atoms with Crippen LogP contribution in [-0.2, 0) is 10.8 Å². The number of fused-ring (bicyclic) bond motifs is 13. The van der Waals surface area contributed by atoms with Crippen molar-refractivity contribution in [3.63, 3.8) is 0 Å². The first-order chi connectivity index (χ1) is 32.2. The van der Waals surface area contributed by atoms with Gasteiger partial charge in [-0.25, -0.2) is 4.98 Å². The number of para-hydroxylation sites is 2. The number of rotatable bonds is 5. The lowest BCUT2D eigenvalue weighted by Crippen LogP contribution is -2.34. The van der Waals surface area contributed by atoms with E-state index in [9.17, 15) is 0 Å². The third-order valence-electron chi connectivity index (χ3n) is 14.6. The summed E-state index contributed by atoms with van der Waals surface area (Å²) in [5.41, 5.74) is 12.7. The molecule has 0 saturated heterocycles. The molecule has 12 aromatic rings. The Morgan fingerprint density at radius 1 is 0.394 bits per heavy atom. The highest BCUT2D eigenvalue weighted by Gasteiger charge is 2.40. The van der Waals surface area contributed by atoms with Crippen molar-refractivity contribution in [3.8, 4) is 45.5 Å². The largest absolute Gasteiger partial charge is 0.307 e. The second-order valence-electron chi connectivity index (χ2n) is 19.4. The molecule has 0 aliphatic heterocycles. The van der Waals surface area contributed by atoms with Gasteiger partial charge in [-0.3, -0.25) is 4.57 Å². The van der Waals surface area contributed by atoms with Gasteiger partial charge in [0.05, 0.1) is 22.1 Å². The fraction of sp³-hybridized carbons (Fsp3) is 0.131. The van der Waals surface area contributed by atoms with E-state index in [1.54, 1.807) is 0 Å². The van der Waals surface area contributed by atoms with E-state index in [1.807, 2.05) is 6.07 Å². The molecule has 0 amide bonds. The summed E-state index contributed by atoms with van der Waals surface area (Å²) in [6.45, 7) is 9.75. The lowest BCUT2D eigenvalue weighted by Gasteiger charge is -2.42. The Morgan fingerprint density at radius 2 is 0.939 bits per heavy atom. The molecule has 0 saturated carbocycles. The highest BCUT2D eigenvalue weighted by molar-refractivity contribution is 6.36. The zero-order chi connectivity index (χ0) is 44.3. The molecule has 0 bridgehead atoms. The summed E-state index contributed by atoms with van der Waals surface area (Å²) >= 11 is 0. The zero-order valence-electron chi connectivity index (χ0n) is 37.5. The van der Waals surface area contributed by atoms with E-state index >= 15 is 0 Å². The predicted molar refractivity (Wildman–Crippen MR) is 275 cm³/mol. The number of hydrogen-bond donors (Lipinski definition) is 0. The Kier molecular flexibility index (Phi) is 8.36. The first kappa shape index (κ1) is 38.6. The Morgan fingerprint density at radius 3 is 1.67 bits per heavy atom. The van der Waals surface area contributed by atoms with Crippen molar-refractivity contribution >= 4 is 65.2 Å². The maximum absolute atomic E-state index is 5.51. The molecule has 1 aliphatic carbocycles. The van der Waals surface area contributed by atoms with Crippen LogP contribution in [0.3, 0.4) is 0 Å². The Balaban J connectivity index is 1.18. The molecule has 0 radical (unpaired) electrons. The molecule has 5 nitrogen and oxygen atoms in total. The fourth-order valence-electron chi connectivity index (χ4n) is 11.3. The Hall–Kier alpha value is -7.89. The summed E-state index contributed by atoms with van der Waals surface area (Å²) in [6.07, 6.45) is 2.25. The van der Waals surface area contributed by atoms with Gasteiger partial charge in [0.25, 0.3) is 0 Å². The van der Waals surface area contributed by atoms with Crippen molar-refractivity contribution < 1.29 is 0 Å². The average Bonchev–Trinajstić information content (AvgIpc) is 3.90. The molecule has 3 aromatic heterocycles. The van der Waals surface area contributed by atoms with Crippen LogP contribution < -0.4 is 0 Å². The Bertz CT molecular complexity index is 3910. The van der Waals surface area contributed by atoms with E-state index in [4.69, 9.17) is 15.0 Å². The van der Waals surface area contributed by atoms with E-state index in [0.717, 1.165) is 57.2 Å². The summed E-state index contributed by atoms with van der Waals surface area (Å²) in [5, 5.41) is 9.74. The van der Waals surface area contributed by atoms with Crippen LogP contribution in [0.5, 0.6) is 0 Å². The van der Waals surface area contributed by atoms with Gasteiger partial charge in [-0.1, -0.05) is 198 Å². The number of nitrogens with zero attached hydrogens (tertiary/aromatic N) is 5. The molecule has 316 valence electrons. The monoisotopic (exact) mass is 849 g/mol. The first-order valence-corrected chi connectivity index (χ1v) is 23.2. The molecule has 0 spiro atoms. The summed E-state index contributed by atoms with van der Waals surface area (Å²) in [4.78, 5) is 16.2. The van der Waals surface area contributed by atoms with Gasteiger partial charge in [0.2, 0.25) is 5.95 Å². The lowest BCUT2D eigenvalue weighted by molar-refractivity contribution is 0.334. The van der Waals surface area contributed by atoms with E-state index in [-0.39, 0.29) is 10.8 Å². The lowest BCUT2D eigenvalue weighted by atomic mass is 9.62. The van der Waals surface area contributed by atoms with Crippen LogP contribution in [-0.4, -0.2) is 24.1 Å². The maximum atomic E-state index is 5.51. The standard InChI is InChI=1S/C61H47N5/c1-60(2)36-37-61(3,4)53-49(60)35-34-48-52-46-26-14-13-25-45(46)51-47-27-15-16-29-50(47)66(56(51)55(52)65(54(48)53)42-22-9-6-10-23-42)59-63-57(40-19-7-5-8-20-40)62-58(64-59)41-32-30-39(31-33-41)44-28-17-21-38-18-11-12-24-43(38)44/h5-35H,36-37H2,1-4H3. The van der Waals surface area contributed by atoms with Gasteiger partial charge in [-0.2, -0.15) is 9.97 Å². The quantitative estimate of drug-likeness (QED) is 0.173. The molecule has 13 rings (SSSR count). The molecule has 1 aliphatic rings. The minimum atomic E-state index is -0.0518. The highest BCUT2D eigenvalue weighted by Crippen LogP contribution is 2.53. The van der Waals surface area contributed by atoms with Crippen molar-refractivity contribution in [1.82, 2.24) is 24.1 Å². The summed E-state index contributed by atoms with van der Waals surface area (Å²) in [5.74, 6) is 1.82. The van der Waals surface area contributed by atoms with E-state index < -0.39 is 0 Å². The summed E-state index contributed by atoms with van der Waals surface area (Å²) < 4.78 is 4.92. The molecule has 5 heteroatoms. The van der Waals surface area contributed by atoms with Crippen LogP contribution in [0.25, 0.3) is 111 Å². The van der Waals surface area contributed by atoms with Crippen LogP contribution in [0.1, 0.15) is 51.7 Å². The number of hydrogen-bond acceptors (Lipinski definition) is 3. The Labute approximate surface area is 383 Å². The van der Waals surface area contributed by atoms with Crippen LogP contribution in [0.4, 0.5) is 0 Å². The first-order valence-electron chi connectivity index (χ1n) is 23.2. The van der Waals surface area contributed by atoms with Crippen molar-refractivity contribution in [1.29, 1.82) is 0 Å². The second kappa shape index (κ2) is 14.3. The van der Waals surface area contributed by atoms with E-state index in [0.29, 0.717) is 17.6 Å². The zero-order valence-corrected chi connectivity index (χ0v) is 37.5. The molecular weight excluding hydrogens is 803 g/mol. The molecule has 0 atom stereocenters. The molecular formula is C61H47N5. The smallest absolute Gasteiger partial charge is 0.238 e. The van der Waals surface area contributed by atoms with Crippen LogP contribution in [0, 0.1) is 0 Å². The number of benzene rings is 9. The van der Waals surface area contributed by atoms with Crippen molar-refractivity contribution in [2.45, 2.75) is 51.4 Å². The minimum Gasteiger partial charge on any atom is -0.307 e. The second-order valence-corrected chi connectivity index (χ2v) is 19.4. The average molecular weight is 850 g/mol. The summed E-state index contributed by atoms with van der Waals surface area (Å²) in [6, 6.07) is 67.7.